The van der Waals surface area contributed by atoms with Gasteiger partial charge in [-0.3, -0.25) is 9.36 Å². The third-order valence-electron chi connectivity index (χ3n) is 5.87. The van der Waals surface area contributed by atoms with E-state index < -0.39 is 0 Å². The Bertz CT molecular complexity index is 1560. The maximum atomic E-state index is 12.8. The quantitative estimate of drug-likeness (QED) is 0.168. The van der Waals surface area contributed by atoms with Crippen LogP contribution in [0, 0.1) is 0 Å². The fourth-order valence-electron chi connectivity index (χ4n) is 3.97. The summed E-state index contributed by atoms with van der Waals surface area (Å²) in [7, 11) is 0. The molecule has 0 bridgehead atoms. The van der Waals surface area contributed by atoms with Gasteiger partial charge in [0.05, 0.1) is 17.4 Å². The number of nitrogens with zero attached hydrogens (tertiary/aromatic N) is 3. The summed E-state index contributed by atoms with van der Waals surface area (Å²) >= 11 is 7.79. The summed E-state index contributed by atoms with van der Waals surface area (Å²) in [6.45, 7) is 3.00. The lowest BCUT2D eigenvalue weighted by molar-refractivity contribution is -0.113. The van der Waals surface area contributed by atoms with Crippen molar-refractivity contribution in [3.05, 3.63) is 114 Å². The van der Waals surface area contributed by atoms with Gasteiger partial charge in [-0.25, -0.2) is 0 Å². The van der Waals surface area contributed by atoms with Crippen LogP contribution in [0.1, 0.15) is 12.5 Å². The fraction of sp³-hybridized carbons (Fsp3) is 0.129. The van der Waals surface area contributed by atoms with Crippen molar-refractivity contribution in [1.82, 2.24) is 14.8 Å². The summed E-state index contributed by atoms with van der Waals surface area (Å²) in [4.78, 5) is 12.8. The van der Waals surface area contributed by atoms with E-state index in [0.717, 1.165) is 28.3 Å². The van der Waals surface area contributed by atoms with Crippen LogP contribution in [0.2, 0.25) is 5.02 Å². The standard InChI is InChI=1S/C31H27ClN4O3S/c1-2-38-25-18-14-24(15-19-25)36-30(27-10-6-7-11-28(27)32)34-35-31(36)40-21-29(37)33-23-12-16-26(17-13-23)39-20-22-8-4-3-5-9-22/h3-19H,2,20-21H2,1H3,(H,33,37). The Labute approximate surface area is 242 Å². The number of thioether (sulfide) groups is 1. The second-order valence-corrected chi connectivity index (χ2v) is 10.0. The number of nitrogens with one attached hydrogen (secondary N) is 1. The van der Waals surface area contributed by atoms with Crippen molar-refractivity contribution in [2.75, 3.05) is 17.7 Å². The lowest BCUT2D eigenvalue weighted by Crippen LogP contribution is -2.14. The van der Waals surface area contributed by atoms with Crippen LogP contribution in [0.4, 0.5) is 5.69 Å². The number of aromatic nitrogens is 3. The van der Waals surface area contributed by atoms with Crippen LogP contribution in [0.25, 0.3) is 17.1 Å². The number of carbonyl (C=O) groups is 1. The van der Waals surface area contributed by atoms with Gasteiger partial charge in [-0.2, -0.15) is 0 Å². The number of benzene rings is 4. The van der Waals surface area contributed by atoms with E-state index >= 15 is 0 Å². The summed E-state index contributed by atoms with van der Waals surface area (Å²) in [6, 6.07) is 32.4. The first kappa shape index (κ1) is 27.3. The third-order valence-corrected chi connectivity index (χ3v) is 7.13. The van der Waals surface area contributed by atoms with Gasteiger partial charge in [-0.15, -0.1) is 10.2 Å². The molecule has 0 saturated heterocycles. The van der Waals surface area contributed by atoms with Gasteiger partial charge in [0, 0.05) is 16.9 Å². The van der Waals surface area contributed by atoms with Crippen LogP contribution >= 0.6 is 23.4 Å². The molecule has 0 fully saturated rings. The van der Waals surface area contributed by atoms with Gasteiger partial charge in [0.1, 0.15) is 18.1 Å². The van der Waals surface area contributed by atoms with Crippen LogP contribution in [0.3, 0.4) is 0 Å². The van der Waals surface area contributed by atoms with Crippen LogP contribution in [0.15, 0.2) is 108 Å². The number of halogens is 1. The van der Waals surface area contributed by atoms with Crippen molar-refractivity contribution < 1.29 is 14.3 Å². The maximum absolute atomic E-state index is 12.8. The zero-order valence-corrected chi connectivity index (χ0v) is 23.4. The fourth-order valence-corrected chi connectivity index (χ4v) is 4.95. The molecule has 5 rings (SSSR count). The number of hydrogen-bond acceptors (Lipinski definition) is 6. The zero-order chi connectivity index (χ0) is 27.7. The highest BCUT2D eigenvalue weighted by Gasteiger charge is 2.19. The van der Waals surface area contributed by atoms with Crippen LogP contribution < -0.4 is 14.8 Å². The van der Waals surface area contributed by atoms with Gasteiger partial charge < -0.3 is 14.8 Å². The number of hydrogen-bond donors (Lipinski definition) is 1. The molecule has 1 N–H and O–H groups in total. The Morgan fingerprint density at radius 3 is 2.25 bits per heavy atom. The maximum Gasteiger partial charge on any atom is 0.234 e. The number of anilines is 1. The van der Waals surface area contributed by atoms with Crippen LogP contribution in [-0.4, -0.2) is 33.0 Å². The van der Waals surface area contributed by atoms with E-state index in [9.17, 15) is 4.79 Å². The molecular formula is C31H27ClN4O3S. The highest BCUT2D eigenvalue weighted by atomic mass is 35.5. The monoisotopic (exact) mass is 570 g/mol. The summed E-state index contributed by atoms with van der Waals surface area (Å²) < 4.78 is 13.3. The number of rotatable bonds is 11. The Morgan fingerprint density at radius 2 is 1.52 bits per heavy atom. The zero-order valence-electron chi connectivity index (χ0n) is 21.8. The van der Waals surface area contributed by atoms with E-state index in [1.165, 1.54) is 11.8 Å². The largest absolute Gasteiger partial charge is 0.494 e. The summed E-state index contributed by atoms with van der Waals surface area (Å²) in [5.74, 6) is 2.06. The molecule has 0 saturated carbocycles. The van der Waals surface area contributed by atoms with E-state index in [1.54, 1.807) is 0 Å². The van der Waals surface area contributed by atoms with Gasteiger partial charge in [0.2, 0.25) is 5.91 Å². The van der Waals surface area contributed by atoms with Crippen molar-refractivity contribution >= 4 is 35.0 Å². The van der Waals surface area contributed by atoms with E-state index in [1.807, 2.05) is 115 Å². The lowest BCUT2D eigenvalue weighted by atomic mass is 10.2. The molecule has 0 atom stereocenters. The van der Waals surface area contributed by atoms with E-state index in [2.05, 4.69) is 15.5 Å². The van der Waals surface area contributed by atoms with Gasteiger partial charge in [0.25, 0.3) is 0 Å². The van der Waals surface area contributed by atoms with Crippen molar-refractivity contribution in [2.24, 2.45) is 0 Å². The summed E-state index contributed by atoms with van der Waals surface area (Å²) in [5.41, 5.74) is 3.35. The smallest absolute Gasteiger partial charge is 0.234 e. The Kier molecular flexibility index (Phi) is 9.00. The average Bonchev–Trinajstić information content (AvgIpc) is 3.41. The summed E-state index contributed by atoms with van der Waals surface area (Å²) in [5, 5.41) is 12.9. The first-order chi connectivity index (χ1) is 19.6. The minimum Gasteiger partial charge on any atom is -0.494 e. The Balaban J connectivity index is 1.27. The molecule has 202 valence electrons. The Morgan fingerprint density at radius 1 is 0.850 bits per heavy atom. The molecule has 7 nitrogen and oxygen atoms in total. The van der Waals surface area contributed by atoms with Crippen molar-refractivity contribution in [2.45, 2.75) is 18.7 Å². The van der Waals surface area contributed by atoms with Crippen molar-refractivity contribution in [1.29, 1.82) is 0 Å². The predicted octanol–water partition coefficient (Wildman–Crippen LogP) is 7.30. The normalized spacial score (nSPS) is 10.8. The SMILES string of the molecule is CCOc1ccc(-n2c(SCC(=O)Nc3ccc(OCc4ccccc4)cc3)nnc2-c2ccccc2Cl)cc1. The highest BCUT2D eigenvalue weighted by molar-refractivity contribution is 7.99. The minimum absolute atomic E-state index is 0.143. The molecular weight excluding hydrogens is 544 g/mol. The number of ether oxygens (including phenoxy) is 2. The molecule has 0 spiro atoms. The van der Waals surface area contributed by atoms with Crippen molar-refractivity contribution in [3.8, 4) is 28.6 Å². The molecule has 1 amide bonds. The topological polar surface area (TPSA) is 78.3 Å². The van der Waals surface area contributed by atoms with E-state index in [0.29, 0.717) is 34.9 Å². The molecule has 0 aliphatic rings. The molecule has 40 heavy (non-hydrogen) atoms. The van der Waals surface area contributed by atoms with Gasteiger partial charge in [-0.05, 0) is 73.2 Å². The van der Waals surface area contributed by atoms with Gasteiger partial charge in [-0.1, -0.05) is 65.8 Å². The third kappa shape index (κ3) is 6.83. The van der Waals surface area contributed by atoms with E-state index in [-0.39, 0.29) is 11.7 Å². The average molecular weight is 571 g/mol. The van der Waals surface area contributed by atoms with E-state index in [4.69, 9.17) is 21.1 Å². The lowest BCUT2D eigenvalue weighted by Gasteiger charge is -2.12. The first-order valence-electron chi connectivity index (χ1n) is 12.7. The molecule has 0 aliphatic carbocycles. The molecule has 4 aromatic carbocycles. The summed E-state index contributed by atoms with van der Waals surface area (Å²) in [6.07, 6.45) is 0. The second kappa shape index (κ2) is 13.2. The van der Waals surface area contributed by atoms with Crippen molar-refractivity contribution in [3.63, 3.8) is 0 Å². The van der Waals surface area contributed by atoms with Crippen LogP contribution in [-0.2, 0) is 11.4 Å². The molecule has 1 aromatic heterocycles. The second-order valence-electron chi connectivity index (χ2n) is 8.68. The molecule has 5 aromatic rings. The predicted molar refractivity (Wildman–Crippen MR) is 160 cm³/mol. The molecule has 0 radical (unpaired) electrons. The van der Waals surface area contributed by atoms with Gasteiger partial charge >= 0.3 is 0 Å². The number of carbonyl (C=O) groups excluding carboxylic acids is 1. The number of amides is 1. The van der Waals surface area contributed by atoms with Crippen LogP contribution in [0.5, 0.6) is 11.5 Å². The molecule has 0 unspecified atom stereocenters. The first-order valence-corrected chi connectivity index (χ1v) is 14.1. The Hall–Kier alpha value is -4.27. The molecule has 1 heterocycles. The minimum atomic E-state index is -0.163. The molecule has 9 heteroatoms. The van der Waals surface area contributed by atoms with Gasteiger partial charge in [0.15, 0.2) is 11.0 Å². The molecule has 0 aliphatic heterocycles. The highest BCUT2D eigenvalue weighted by Crippen LogP contribution is 2.32.